The van der Waals surface area contributed by atoms with Crippen molar-refractivity contribution in [1.29, 1.82) is 0 Å². The number of ether oxygens (including phenoxy) is 2. The molecule has 1 aliphatic heterocycles. The highest BCUT2D eigenvalue weighted by molar-refractivity contribution is 7.88. The van der Waals surface area contributed by atoms with Crippen LogP contribution in [0, 0.1) is 0 Å². The molecule has 1 heterocycles. The summed E-state index contributed by atoms with van der Waals surface area (Å²) < 4.78 is 36.9. The SMILES string of the molecule is COc1ccc(CS(=O)(=O)N2CCN(C(=O)OC(C)(C)C)CC2C(=O)O)cc1. The van der Waals surface area contributed by atoms with Crippen LogP contribution >= 0.6 is 0 Å². The molecule has 0 spiro atoms. The molecule has 1 fully saturated rings. The number of carboxylic acid groups (broad SMARTS) is 1. The van der Waals surface area contributed by atoms with Crippen LogP contribution in [0.4, 0.5) is 4.79 Å². The maximum Gasteiger partial charge on any atom is 0.410 e. The third-order valence-electron chi connectivity index (χ3n) is 4.13. The lowest BCUT2D eigenvalue weighted by atomic mass is 10.2. The molecular weight excluding hydrogens is 388 g/mol. The molecule has 1 aromatic carbocycles. The first-order valence-electron chi connectivity index (χ1n) is 8.76. The fraction of sp³-hybridized carbons (Fsp3) is 0.556. The largest absolute Gasteiger partial charge is 0.497 e. The molecule has 156 valence electrons. The Morgan fingerprint density at radius 2 is 1.79 bits per heavy atom. The zero-order chi connectivity index (χ0) is 21.1. The van der Waals surface area contributed by atoms with Crippen LogP contribution in [0.5, 0.6) is 5.75 Å². The second-order valence-corrected chi connectivity index (χ2v) is 9.42. The molecule has 0 radical (unpaired) electrons. The topological polar surface area (TPSA) is 113 Å². The summed E-state index contributed by atoms with van der Waals surface area (Å²) >= 11 is 0. The minimum absolute atomic E-state index is 0.0561. The zero-order valence-corrected chi connectivity index (χ0v) is 17.2. The van der Waals surface area contributed by atoms with Gasteiger partial charge in [0.1, 0.15) is 17.4 Å². The molecule has 1 amide bonds. The van der Waals surface area contributed by atoms with Crippen LogP contribution in [0.1, 0.15) is 26.3 Å². The summed E-state index contributed by atoms with van der Waals surface area (Å²) in [5.74, 6) is -1.06. The number of carbonyl (C=O) groups excluding carboxylic acids is 1. The van der Waals surface area contributed by atoms with Gasteiger partial charge >= 0.3 is 12.1 Å². The predicted molar refractivity (Wildman–Crippen MR) is 102 cm³/mol. The highest BCUT2D eigenvalue weighted by Crippen LogP contribution is 2.21. The van der Waals surface area contributed by atoms with E-state index >= 15 is 0 Å². The molecule has 1 aromatic rings. The third-order valence-corrected chi connectivity index (χ3v) is 5.98. The molecule has 28 heavy (non-hydrogen) atoms. The maximum absolute atomic E-state index is 12.8. The van der Waals surface area contributed by atoms with Gasteiger partial charge in [0.2, 0.25) is 10.0 Å². The van der Waals surface area contributed by atoms with E-state index < -0.39 is 33.7 Å². The van der Waals surface area contributed by atoms with Gasteiger partial charge in [-0.25, -0.2) is 13.2 Å². The number of amides is 1. The van der Waals surface area contributed by atoms with Gasteiger partial charge in [-0.3, -0.25) is 4.79 Å². The molecule has 0 aliphatic carbocycles. The van der Waals surface area contributed by atoms with Crippen molar-refractivity contribution in [3.05, 3.63) is 29.8 Å². The number of benzene rings is 1. The summed E-state index contributed by atoms with van der Waals surface area (Å²) in [6, 6.07) is 5.14. The Hall–Kier alpha value is -2.33. The van der Waals surface area contributed by atoms with Gasteiger partial charge < -0.3 is 19.5 Å². The summed E-state index contributed by atoms with van der Waals surface area (Å²) in [5, 5.41) is 9.54. The van der Waals surface area contributed by atoms with Crippen molar-refractivity contribution in [2.45, 2.75) is 38.2 Å². The van der Waals surface area contributed by atoms with Gasteiger partial charge in [0.05, 0.1) is 19.4 Å². The van der Waals surface area contributed by atoms with Crippen LogP contribution in [-0.2, 0) is 25.3 Å². The number of piperazine rings is 1. The van der Waals surface area contributed by atoms with E-state index in [4.69, 9.17) is 9.47 Å². The lowest BCUT2D eigenvalue weighted by Crippen LogP contribution is -2.59. The van der Waals surface area contributed by atoms with Gasteiger partial charge in [0.25, 0.3) is 0 Å². The van der Waals surface area contributed by atoms with Crippen molar-refractivity contribution >= 4 is 22.1 Å². The maximum atomic E-state index is 12.8. The molecule has 2 rings (SSSR count). The highest BCUT2D eigenvalue weighted by Gasteiger charge is 2.41. The van der Waals surface area contributed by atoms with Crippen molar-refractivity contribution in [1.82, 2.24) is 9.21 Å². The number of hydrogen-bond donors (Lipinski definition) is 1. The van der Waals surface area contributed by atoms with Gasteiger partial charge in [0, 0.05) is 13.1 Å². The van der Waals surface area contributed by atoms with E-state index in [1.165, 1.54) is 12.0 Å². The Balaban J connectivity index is 2.15. The number of aliphatic carboxylic acids is 1. The quantitative estimate of drug-likeness (QED) is 0.777. The van der Waals surface area contributed by atoms with E-state index in [1.54, 1.807) is 45.0 Å². The van der Waals surface area contributed by atoms with E-state index in [0.717, 1.165) is 4.31 Å². The minimum atomic E-state index is -3.90. The number of nitrogens with zero attached hydrogens (tertiary/aromatic N) is 2. The summed E-state index contributed by atoms with van der Waals surface area (Å²) in [7, 11) is -2.39. The highest BCUT2D eigenvalue weighted by atomic mass is 32.2. The lowest BCUT2D eigenvalue weighted by Gasteiger charge is -2.38. The van der Waals surface area contributed by atoms with E-state index in [-0.39, 0.29) is 25.4 Å². The van der Waals surface area contributed by atoms with Gasteiger partial charge in [-0.2, -0.15) is 4.31 Å². The summed E-state index contributed by atoms with van der Waals surface area (Å²) in [4.78, 5) is 25.1. The predicted octanol–water partition coefficient (Wildman–Crippen LogP) is 1.53. The summed E-state index contributed by atoms with van der Waals surface area (Å²) in [6.45, 7) is 4.78. The van der Waals surface area contributed by atoms with Crippen LogP contribution in [0.15, 0.2) is 24.3 Å². The van der Waals surface area contributed by atoms with Crippen molar-refractivity contribution in [3.8, 4) is 5.75 Å². The Labute approximate surface area is 164 Å². The Kier molecular flexibility index (Phi) is 6.56. The fourth-order valence-electron chi connectivity index (χ4n) is 2.81. The van der Waals surface area contributed by atoms with Gasteiger partial charge in [-0.1, -0.05) is 12.1 Å². The van der Waals surface area contributed by atoms with Crippen LogP contribution in [0.3, 0.4) is 0 Å². The van der Waals surface area contributed by atoms with E-state index in [2.05, 4.69) is 0 Å². The first kappa shape index (κ1) is 22.0. The van der Waals surface area contributed by atoms with Crippen LogP contribution in [0.25, 0.3) is 0 Å². The molecule has 1 N–H and O–H groups in total. The molecule has 10 heteroatoms. The number of methoxy groups -OCH3 is 1. The van der Waals surface area contributed by atoms with E-state index in [0.29, 0.717) is 11.3 Å². The molecule has 1 unspecified atom stereocenters. The average molecular weight is 414 g/mol. The Bertz CT molecular complexity index is 815. The van der Waals surface area contributed by atoms with Crippen LogP contribution in [0.2, 0.25) is 0 Å². The van der Waals surface area contributed by atoms with Gasteiger partial charge in [-0.15, -0.1) is 0 Å². The second-order valence-electron chi connectivity index (χ2n) is 7.50. The minimum Gasteiger partial charge on any atom is -0.497 e. The van der Waals surface area contributed by atoms with Crippen molar-refractivity contribution in [2.24, 2.45) is 0 Å². The van der Waals surface area contributed by atoms with Crippen LogP contribution in [-0.4, -0.2) is 73.2 Å². The van der Waals surface area contributed by atoms with Gasteiger partial charge in [0.15, 0.2) is 0 Å². The molecular formula is C18H26N2O7S. The lowest BCUT2D eigenvalue weighted by molar-refractivity contribution is -0.143. The summed E-state index contributed by atoms with van der Waals surface area (Å²) in [6.07, 6.45) is -0.661. The summed E-state index contributed by atoms with van der Waals surface area (Å²) in [5.41, 5.74) is -0.215. The number of carbonyl (C=O) groups is 2. The number of rotatable bonds is 5. The molecule has 1 saturated heterocycles. The molecule has 1 aliphatic rings. The second kappa shape index (κ2) is 8.36. The van der Waals surface area contributed by atoms with Crippen molar-refractivity contribution < 1.29 is 32.6 Å². The molecule has 0 bridgehead atoms. The van der Waals surface area contributed by atoms with Crippen molar-refractivity contribution in [3.63, 3.8) is 0 Å². The van der Waals surface area contributed by atoms with Gasteiger partial charge in [-0.05, 0) is 38.5 Å². The molecule has 0 saturated carbocycles. The van der Waals surface area contributed by atoms with Crippen molar-refractivity contribution in [2.75, 3.05) is 26.7 Å². The first-order chi connectivity index (χ1) is 12.9. The first-order valence-corrected chi connectivity index (χ1v) is 10.4. The monoisotopic (exact) mass is 414 g/mol. The number of sulfonamides is 1. The fourth-order valence-corrected chi connectivity index (χ4v) is 4.49. The van der Waals surface area contributed by atoms with E-state index in [1.807, 2.05) is 0 Å². The van der Waals surface area contributed by atoms with E-state index in [9.17, 15) is 23.1 Å². The molecule has 9 nitrogen and oxygen atoms in total. The molecule has 0 aromatic heterocycles. The molecule has 1 atom stereocenters. The zero-order valence-electron chi connectivity index (χ0n) is 16.4. The normalized spacial score (nSPS) is 18.6. The Morgan fingerprint density at radius 1 is 1.18 bits per heavy atom. The number of hydrogen-bond acceptors (Lipinski definition) is 6. The standard InChI is InChI=1S/C18H26N2O7S/c1-18(2,3)27-17(23)19-9-10-20(15(11-19)16(21)22)28(24,25)12-13-5-7-14(26-4)8-6-13/h5-8,15H,9-12H2,1-4H3,(H,21,22). The smallest absolute Gasteiger partial charge is 0.410 e. The average Bonchev–Trinajstić information content (AvgIpc) is 2.60. The number of carboxylic acids is 1. The van der Waals surface area contributed by atoms with Crippen LogP contribution < -0.4 is 4.74 Å². The third kappa shape index (κ3) is 5.59. The Morgan fingerprint density at radius 3 is 2.29 bits per heavy atom.